The van der Waals surface area contributed by atoms with Crippen molar-refractivity contribution >= 4 is 22.8 Å². The van der Waals surface area contributed by atoms with E-state index in [0.29, 0.717) is 17.6 Å². The van der Waals surface area contributed by atoms with Gasteiger partial charge in [0.2, 0.25) is 5.91 Å². The lowest BCUT2D eigenvalue weighted by Gasteiger charge is -2.56. The molecule has 6 heteroatoms. The van der Waals surface area contributed by atoms with E-state index in [-0.39, 0.29) is 24.5 Å². The van der Waals surface area contributed by atoms with Crippen LogP contribution in [0.4, 0.5) is 0 Å². The number of hydrogen-bond acceptors (Lipinski definition) is 5. The number of nitrogens with one attached hydrogen (secondary N) is 1. The van der Waals surface area contributed by atoms with Gasteiger partial charge in [-0.05, 0) is 79.7 Å². The van der Waals surface area contributed by atoms with Crippen LogP contribution in [-0.2, 0) is 27.4 Å². The average Bonchev–Trinajstić information content (AvgIpc) is 2.74. The lowest BCUT2D eigenvalue weighted by molar-refractivity contribution is -0.146. The molecule has 32 heavy (non-hydrogen) atoms. The minimum absolute atomic E-state index is 0.0305. The summed E-state index contributed by atoms with van der Waals surface area (Å²) in [6.45, 7) is 1.85. The zero-order chi connectivity index (χ0) is 22.3. The van der Waals surface area contributed by atoms with Crippen LogP contribution in [0.15, 0.2) is 33.5 Å². The van der Waals surface area contributed by atoms with Crippen molar-refractivity contribution in [2.75, 3.05) is 6.54 Å². The van der Waals surface area contributed by atoms with Gasteiger partial charge in [0.25, 0.3) is 0 Å². The van der Waals surface area contributed by atoms with Crippen molar-refractivity contribution in [3.63, 3.8) is 0 Å². The van der Waals surface area contributed by atoms with E-state index in [1.54, 1.807) is 0 Å². The first-order chi connectivity index (χ1) is 15.4. The Labute approximate surface area is 187 Å². The second-order valence-corrected chi connectivity index (χ2v) is 10.3. The molecule has 4 saturated carbocycles. The number of ether oxygens (including phenoxy) is 1. The van der Waals surface area contributed by atoms with Crippen LogP contribution in [-0.4, -0.2) is 18.4 Å². The van der Waals surface area contributed by atoms with Crippen molar-refractivity contribution in [3.8, 4) is 0 Å². The highest BCUT2D eigenvalue weighted by molar-refractivity contribution is 5.83. The lowest BCUT2D eigenvalue weighted by atomic mass is 9.49. The summed E-state index contributed by atoms with van der Waals surface area (Å²) in [6.07, 6.45) is 8.90. The molecule has 0 unspecified atom stereocenters. The minimum atomic E-state index is -0.504. The van der Waals surface area contributed by atoms with E-state index < -0.39 is 11.6 Å². The van der Waals surface area contributed by atoms with Gasteiger partial charge in [0, 0.05) is 23.4 Å². The van der Waals surface area contributed by atoms with Crippen molar-refractivity contribution in [2.24, 2.45) is 23.2 Å². The maximum absolute atomic E-state index is 12.6. The molecule has 0 spiro atoms. The van der Waals surface area contributed by atoms with Gasteiger partial charge in [-0.25, -0.2) is 4.79 Å². The Morgan fingerprint density at radius 1 is 1.09 bits per heavy atom. The molecular formula is C26H31NO5. The second kappa shape index (κ2) is 8.38. The molecule has 6 nitrogen and oxygen atoms in total. The summed E-state index contributed by atoms with van der Waals surface area (Å²) in [5.41, 5.74) is 1.84. The van der Waals surface area contributed by atoms with Gasteiger partial charge in [0.05, 0.1) is 0 Å². The van der Waals surface area contributed by atoms with Gasteiger partial charge in [-0.3, -0.25) is 9.59 Å². The molecule has 170 valence electrons. The minimum Gasteiger partial charge on any atom is -0.459 e. The number of hydrogen-bond donors (Lipinski definition) is 1. The van der Waals surface area contributed by atoms with Gasteiger partial charge in [-0.2, -0.15) is 0 Å². The highest BCUT2D eigenvalue weighted by Gasteiger charge is 2.51. The van der Waals surface area contributed by atoms with E-state index in [1.165, 1.54) is 44.6 Å². The number of esters is 1. The van der Waals surface area contributed by atoms with Crippen LogP contribution in [0.1, 0.15) is 63.0 Å². The predicted molar refractivity (Wildman–Crippen MR) is 120 cm³/mol. The summed E-state index contributed by atoms with van der Waals surface area (Å²) in [5.74, 6) is 1.83. The number of carbonyl (C=O) groups excluding carboxylic acids is 2. The fourth-order valence-electron chi connectivity index (χ4n) is 6.90. The first-order valence-corrected chi connectivity index (χ1v) is 11.9. The zero-order valence-corrected chi connectivity index (χ0v) is 18.7. The molecule has 0 aliphatic heterocycles. The van der Waals surface area contributed by atoms with Crippen LogP contribution in [0, 0.1) is 23.2 Å². The van der Waals surface area contributed by atoms with Crippen LogP contribution >= 0.6 is 0 Å². The molecule has 4 aliphatic carbocycles. The van der Waals surface area contributed by atoms with Gasteiger partial charge in [-0.1, -0.05) is 19.1 Å². The SMILES string of the molecule is CCc1ccc2c(COC(=O)CNC(=O)CC34CC5CC(CC(C5)C3)C4)cc(=O)oc2c1. The van der Waals surface area contributed by atoms with Crippen LogP contribution in [0.2, 0.25) is 0 Å². The number of rotatable bonds is 7. The van der Waals surface area contributed by atoms with Crippen LogP contribution < -0.4 is 10.9 Å². The smallest absolute Gasteiger partial charge is 0.336 e. The predicted octanol–water partition coefficient (Wildman–Crippen LogP) is 4.12. The van der Waals surface area contributed by atoms with Crippen molar-refractivity contribution in [1.82, 2.24) is 5.32 Å². The van der Waals surface area contributed by atoms with Crippen LogP contribution in [0.5, 0.6) is 0 Å². The first-order valence-electron chi connectivity index (χ1n) is 11.9. The molecule has 1 N–H and O–H groups in total. The summed E-state index contributed by atoms with van der Waals surface area (Å²) < 4.78 is 10.7. The molecule has 0 saturated heterocycles. The highest BCUT2D eigenvalue weighted by atomic mass is 16.5. The summed E-state index contributed by atoms with van der Waals surface area (Å²) >= 11 is 0. The molecule has 4 aliphatic rings. The molecule has 6 rings (SSSR count). The Morgan fingerprint density at radius 3 is 2.44 bits per heavy atom. The third-order valence-electron chi connectivity index (χ3n) is 7.82. The van der Waals surface area contributed by atoms with Crippen molar-refractivity contribution in [2.45, 2.75) is 64.9 Å². The van der Waals surface area contributed by atoms with Crippen LogP contribution in [0.25, 0.3) is 11.0 Å². The Morgan fingerprint density at radius 2 is 1.78 bits per heavy atom. The van der Waals surface area contributed by atoms with E-state index >= 15 is 0 Å². The summed E-state index contributed by atoms with van der Waals surface area (Å²) in [4.78, 5) is 36.8. The number of carbonyl (C=O) groups is 2. The topological polar surface area (TPSA) is 85.6 Å². The average molecular weight is 438 g/mol. The number of amides is 1. The maximum Gasteiger partial charge on any atom is 0.336 e. The normalized spacial score (nSPS) is 28.1. The quantitative estimate of drug-likeness (QED) is 0.520. The van der Waals surface area contributed by atoms with Crippen molar-refractivity contribution in [3.05, 3.63) is 45.8 Å². The highest BCUT2D eigenvalue weighted by Crippen LogP contribution is 2.61. The Balaban J connectivity index is 1.15. The van der Waals surface area contributed by atoms with Crippen molar-refractivity contribution < 1.29 is 18.7 Å². The molecule has 1 aromatic heterocycles. The number of fused-ring (bicyclic) bond motifs is 1. The zero-order valence-electron chi connectivity index (χ0n) is 18.7. The van der Waals surface area contributed by atoms with Crippen LogP contribution in [0.3, 0.4) is 0 Å². The van der Waals surface area contributed by atoms with E-state index in [0.717, 1.165) is 35.1 Å². The van der Waals surface area contributed by atoms with Gasteiger partial charge in [-0.15, -0.1) is 0 Å². The molecule has 4 fully saturated rings. The largest absolute Gasteiger partial charge is 0.459 e. The standard InChI is InChI=1S/C26H31NO5/c1-2-16-3-4-21-20(9-24(29)32-22(21)8-16)15-31-25(30)14-27-23(28)13-26-10-17-5-18(11-26)7-19(6-17)12-26/h3-4,8-9,17-19H,2,5-7,10-15H2,1H3,(H,27,28). The van der Waals surface area contributed by atoms with E-state index in [9.17, 15) is 14.4 Å². The molecule has 0 radical (unpaired) electrons. The third-order valence-corrected chi connectivity index (χ3v) is 7.82. The Kier molecular flexibility index (Phi) is 5.56. The van der Waals surface area contributed by atoms with Gasteiger partial charge < -0.3 is 14.5 Å². The summed E-state index contributed by atoms with van der Waals surface area (Å²) in [5, 5.41) is 3.51. The van der Waals surface area contributed by atoms with Gasteiger partial charge in [0.1, 0.15) is 18.7 Å². The van der Waals surface area contributed by atoms with Crippen molar-refractivity contribution in [1.29, 1.82) is 0 Å². The second-order valence-electron chi connectivity index (χ2n) is 10.3. The van der Waals surface area contributed by atoms with Gasteiger partial charge >= 0.3 is 11.6 Å². The Bertz CT molecular complexity index is 1070. The molecule has 1 aromatic carbocycles. The number of benzene rings is 1. The van der Waals surface area contributed by atoms with Gasteiger partial charge in [0.15, 0.2) is 0 Å². The molecule has 4 bridgehead atoms. The maximum atomic E-state index is 12.6. The summed E-state index contributed by atoms with van der Waals surface area (Å²) in [6, 6.07) is 7.05. The monoisotopic (exact) mass is 437 g/mol. The fourth-order valence-corrected chi connectivity index (χ4v) is 6.90. The first kappa shape index (κ1) is 21.2. The van der Waals surface area contributed by atoms with E-state index in [2.05, 4.69) is 5.32 Å². The molecule has 0 atom stereocenters. The summed E-state index contributed by atoms with van der Waals surface area (Å²) in [7, 11) is 0. The molecule has 1 heterocycles. The van der Waals surface area contributed by atoms with E-state index in [1.807, 2.05) is 25.1 Å². The Hall–Kier alpha value is -2.63. The molecule has 1 amide bonds. The lowest BCUT2D eigenvalue weighted by Crippen LogP contribution is -2.48. The fraction of sp³-hybridized carbons (Fsp3) is 0.577. The molecular weight excluding hydrogens is 406 g/mol. The third kappa shape index (κ3) is 4.32. The van der Waals surface area contributed by atoms with E-state index in [4.69, 9.17) is 9.15 Å². The number of aryl methyl sites for hydroxylation is 1. The molecule has 2 aromatic rings.